The molecule has 2 aliphatic rings. The van der Waals surface area contributed by atoms with E-state index in [1.165, 1.54) is 13.8 Å². The summed E-state index contributed by atoms with van der Waals surface area (Å²) in [6.07, 6.45) is -12.4. The van der Waals surface area contributed by atoms with Crippen molar-refractivity contribution < 1.29 is 99.1 Å². The first-order valence-electron chi connectivity index (χ1n) is 12.6. The lowest BCUT2D eigenvalue weighted by Gasteiger charge is -2.46. The van der Waals surface area contributed by atoms with Crippen LogP contribution >= 0.6 is 0 Å². The van der Waals surface area contributed by atoms with Crippen LogP contribution in [0.3, 0.4) is 0 Å². The maximum Gasteiger partial charge on any atom is 0.300 e. The lowest BCUT2D eigenvalue weighted by molar-refractivity contribution is -0.337. The third-order valence-corrected chi connectivity index (χ3v) is 4.34. The number of aliphatic carboxylic acids is 5. The number of carboxylic acids is 5. The number of amides is 1. The Kier molecular flexibility index (Phi) is 27.7. The number of hydrogen-bond acceptors (Lipinski definition) is 15. The summed E-state index contributed by atoms with van der Waals surface area (Å²) in [7, 11) is 0. The highest BCUT2D eigenvalue weighted by Gasteiger charge is 2.50. The average molecular weight is 668 g/mol. The second-order valence-corrected chi connectivity index (χ2v) is 8.84. The molecule has 0 aromatic rings. The van der Waals surface area contributed by atoms with E-state index in [4.69, 9.17) is 63.7 Å². The first kappa shape index (κ1) is 48.4. The third-order valence-electron chi connectivity index (χ3n) is 4.34. The molecule has 10 atom stereocenters. The maximum absolute atomic E-state index is 11.3. The highest BCUT2D eigenvalue weighted by atomic mass is 16.7. The largest absolute Gasteiger partial charge is 0.481 e. The van der Waals surface area contributed by atoms with Gasteiger partial charge < -0.3 is 75.7 Å². The number of aliphatic hydroxyl groups excluding tert-OH is 6. The number of carboxylic acid groups (broad SMARTS) is 5. The molecule has 0 aromatic heterocycles. The van der Waals surface area contributed by atoms with E-state index in [0.717, 1.165) is 34.6 Å². The summed E-state index contributed by atoms with van der Waals surface area (Å²) in [5.74, 6) is -4.70. The van der Waals surface area contributed by atoms with Gasteiger partial charge in [0, 0.05) is 41.5 Å². The van der Waals surface area contributed by atoms with Gasteiger partial charge in [0.2, 0.25) is 5.91 Å². The van der Waals surface area contributed by atoms with Crippen LogP contribution in [0.15, 0.2) is 0 Å². The molecule has 2 saturated heterocycles. The monoisotopic (exact) mass is 667 g/mol. The fraction of sp³-hybridized carbons (Fsp3) is 0.750. The van der Waals surface area contributed by atoms with E-state index in [-0.39, 0.29) is 0 Å². The van der Waals surface area contributed by atoms with Crippen molar-refractivity contribution in [2.45, 2.75) is 110 Å². The number of hydrogen-bond donors (Lipinski definition) is 12. The molecular formula is C24H45NO20. The molecule has 21 heteroatoms. The standard InChI is InChI=1S/C14H25NO10.5C2H4O2/c1-4-8(18)10(20)11(21)14(23-4)25-12-7(15-5(2)17)13(22)24-6(3-16)9(12)19;5*1-2(3)4/h4,6-14,16,18-22H,3H2,1-2H3,(H,15,17);5*1H3,(H,3,4). The molecule has 0 aliphatic carbocycles. The van der Waals surface area contributed by atoms with Crippen LogP contribution in [0.2, 0.25) is 0 Å². The van der Waals surface area contributed by atoms with Gasteiger partial charge in [0.05, 0.1) is 12.7 Å². The van der Waals surface area contributed by atoms with Gasteiger partial charge in [-0.25, -0.2) is 0 Å². The zero-order chi connectivity index (χ0) is 36.8. The van der Waals surface area contributed by atoms with Crippen LogP contribution in [0.1, 0.15) is 48.5 Å². The molecule has 21 nitrogen and oxygen atoms in total. The van der Waals surface area contributed by atoms with Crippen molar-refractivity contribution in [3.8, 4) is 0 Å². The SMILES string of the molecule is CC(=O)NC1C(O)OC(CO)C(O)C1OC1OC(C)C(O)C(O)C1O.CC(=O)O.CC(=O)O.CC(=O)O.CC(=O)O.CC(=O)O. The summed E-state index contributed by atoms with van der Waals surface area (Å²) in [6, 6.07) is -1.22. The summed E-state index contributed by atoms with van der Waals surface area (Å²) in [5.41, 5.74) is 0. The number of aliphatic hydroxyl groups is 6. The smallest absolute Gasteiger partial charge is 0.300 e. The highest BCUT2D eigenvalue weighted by Crippen LogP contribution is 2.28. The van der Waals surface area contributed by atoms with Crippen molar-refractivity contribution in [3.05, 3.63) is 0 Å². The molecular weight excluding hydrogens is 622 g/mol. The van der Waals surface area contributed by atoms with Crippen LogP contribution in [0.4, 0.5) is 0 Å². The molecule has 12 N–H and O–H groups in total. The Morgan fingerprint density at radius 3 is 1.29 bits per heavy atom. The van der Waals surface area contributed by atoms with Gasteiger partial charge >= 0.3 is 0 Å². The Morgan fingerprint density at radius 2 is 0.978 bits per heavy atom. The molecule has 45 heavy (non-hydrogen) atoms. The highest BCUT2D eigenvalue weighted by molar-refractivity contribution is 5.73. The lowest BCUT2D eigenvalue weighted by atomic mass is 9.95. The van der Waals surface area contributed by atoms with Crippen molar-refractivity contribution in [1.29, 1.82) is 0 Å². The predicted octanol–water partition coefficient (Wildman–Crippen LogP) is -3.77. The second kappa shape index (κ2) is 25.8. The van der Waals surface area contributed by atoms with E-state index in [1.807, 2.05) is 0 Å². The molecule has 0 aromatic carbocycles. The molecule has 2 aliphatic heterocycles. The Morgan fingerprint density at radius 1 is 0.622 bits per heavy atom. The molecule has 2 fully saturated rings. The van der Waals surface area contributed by atoms with Crippen LogP contribution in [0.25, 0.3) is 0 Å². The van der Waals surface area contributed by atoms with Gasteiger partial charge in [-0.2, -0.15) is 0 Å². The van der Waals surface area contributed by atoms with Gasteiger partial charge in [-0.15, -0.1) is 0 Å². The molecule has 2 rings (SSSR count). The molecule has 0 saturated carbocycles. The Hall–Kier alpha value is -3.54. The van der Waals surface area contributed by atoms with Crippen molar-refractivity contribution in [3.63, 3.8) is 0 Å². The molecule has 2 heterocycles. The van der Waals surface area contributed by atoms with E-state index in [2.05, 4.69) is 5.32 Å². The van der Waals surface area contributed by atoms with Gasteiger partial charge in [0.1, 0.15) is 42.7 Å². The van der Waals surface area contributed by atoms with Crippen molar-refractivity contribution >= 4 is 35.8 Å². The lowest BCUT2D eigenvalue weighted by Crippen LogP contribution is -2.67. The normalized spacial score (nSPS) is 29.5. The number of nitrogens with one attached hydrogen (secondary N) is 1. The summed E-state index contributed by atoms with van der Waals surface area (Å²) in [5, 5.41) is 98.6. The number of carbonyl (C=O) groups is 6. The summed E-state index contributed by atoms with van der Waals surface area (Å²) >= 11 is 0. The fourth-order valence-corrected chi connectivity index (χ4v) is 2.92. The molecule has 266 valence electrons. The van der Waals surface area contributed by atoms with Crippen molar-refractivity contribution in [1.82, 2.24) is 5.32 Å². The minimum atomic E-state index is -1.64. The maximum atomic E-state index is 11.3. The summed E-state index contributed by atoms with van der Waals surface area (Å²) < 4.78 is 15.8. The Balaban J connectivity index is -0.000000341. The zero-order valence-corrected chi connectivity index (χ0v) is 25.6. The van der Waals surface area contributed by atoms with Gasteiger partial charge in [0.15, 0.2) is 12.6 Å². The topological polar surface area (TPSA) is 365 Å². The number of rotatable bonds is 4. The third kappa shape index (κ3) is 27.7. The van der Waals surface area contributed by atoms with E-state index >= 15 is 0 Å². The minimum Gasteiger partial charge on any atom is -0.481 e. The quantitative estimate of drug-likeness (QED) is 0.137. The van der Waals surface area contributed by atoms with E-state index in [9.17, 15) is 35.4 Å². The van der Waals surface area contributed by atoms with E-state index in [0.29, 0.717) is 0 Å². The minimum absolute atomic E-state index is 0.537. The fourth-order valence-electron chi connectivity index (χ4n) is 2.92. The van der Waals surface area contributed by atoms with Gasteiger partial charge in [-0.05, 0) is 6.92 Å². The van der Waals surface area contributed by atoms with E-state index < -0.39 is 104 Å². The molecule has 0 spiro atoms. The molecule has 1 amide bonds. The number of carbonyl (C=O) groups excluding carboxylic acids is 1. The van der Waals surface area contributed by atoms with Crippen molar-refractivity contribution in [2.24, 2.45) is 0 Å². The predicted molar refractivity (Wildman–Crippen MR) is 145 cm³/mol. The summed E-state index contributed by atoms with van der Waals surface area (Å²) in [6.45, 7) is 7.42. The van der Waals surface area contributed by atoms with Crippen molar-refractivity contribution in [2.75, 3.05) is 6.61 Å². The first-order valence-corrected chi connectivity index (χ1v) is 12.6. The molecule has 0 bridgehead atoms. The van der Waals surface area contributed by atoms with Gasteiger partial charge in [-0.3, -0.25) is 28.8 Å². The van der Waals surface area contributed by atoms with Crippen LogP contribution in [0, 0.1) is 0 Å². The molecule has 10 unspecified atom stereocenters. The van der Waals surface area contributed by atoms with Crippen LogP contribution < -0.4 is 5.32 Å². The first-order chi connectivity index (χ1) is 20.3. The average Bonchev–Trinajstić information content (AvgIpc) is 2.83. The Labute approximate surface area is 257 Å². The summed E-state index contributed by atoms with van der Waals surface area (Å²) in [4.78, 5) is 56.3. The molecule has 0 radical (unpaired) electrons. The van der Waals surface area contributed by atoms with Gasteiger partial charge in [0.25, 0.3) is 29.8 Å². The Bertz CT molecular complexity index is 810. The zero-order valence-electron chi connectivity index (χ0n) is 25.6. The number of ether oxygens (including phenoxy) is 3. The van der Waals surface area contributed by atoms with Crippen LogP contribution in [0.5, 0.6) is 0 Å². The van der Waals surface area contributed by atoms with Crippen LogP contribution in [-0.4, -0.2) is 160 Å². The van der Waals surface area contributed by atoms with E-state index in [1.54, 1.807) is 0 Å². The van der Waals surface area contributed by atoms with Crippen LogP contribution in [-0.2, 0) is 43.0 Å². The van der Waals surface area contributed by atoms with Gasteiger partial charge in [-0.1, -0.05) is 0 Å². The second-order valence-electron chi connectivity index (χ2n) is 8.84.